The van der Waals surface area contributed by atoms with E-state index in [0.717, 1.165) is 17.6 Å². The van der Waals surface area contributed by atoms with Crippen molar-refractivity contribution in [1.29, 1.82) is 0 Å². The summed E-state index contributed by atoms with van der Waals surface area (Å²) in [6, 6.07) is 10.9. The number of nitrogens with zero attached hydrogens (tertiary/aromatic N) is 1. The third-order valence-electron chi connectivity index (χ3n) is 3.63. The zero-order valence-electron chi connectivity index (χ0n) is 11.8. The molecule has 0 saturated carbocycles. The number of halogens is 2. The van der Waals surface area contributed by atoms with Crippen LogP contribution in [0.1, 0.15) is 21.5 Å². The van der Waals surface area contributed by atoms with Crippen LogP contribution >= 0.6 is 39.7 Å². The van der Waals surface area contributed by atoms with Crippen molar-refractivity contribution in [2.45, 2.75) is 13.1 Å². The Morgan fingerprint density at radius 3 is 2.65 bits per heavy atom. The fourth-order valence-corrected chi connectivity index (χ4v) is 3.39. The van der Waals surface area contributed by atoms with Crippen molar-refractivity contribution in [3.63, 3.8) is 0 Å². The average Bonchev–Trinajstić information content (AvgIpc) is 2.90. The van der Waals surface area contributed by atoms with Crippen molar-refractivity contribution in [2.24, 2.45) is 0 Å². The number of carboxylic acid groups (broad SMARTS) is 1. The Morgan fingerprint density at radius 1 is 1.22 bits per heavy atom. The molecule has 0 amide bonds. The van der Waals surface area contributed by atoms with E-state index in [1.54, 1.807) is 12.1 Å². The highest BCUT2D eigenvalue weighted by atomic mass is 79.9. The van der Waals surface area contributed by atoms with Crippen molar-refractivity contribution in [1.82, 2.24) is 4.90 Å². The van der Waals surface area contributed by atoms with Gasteiger partial charge in [-0.2, -0.15) is 0 Å². The van der Waals surface area contributed by atoms with Gasteiger partial charge in [0.15, 0.2) is 5.11 Å². The Balaban J connectivity index is 1.71. The van der Waals surface area contributed by atoms with Gasteiger partial charge < -0.3 is 15.3 Å². The van der Waals surface area contributed by atoms with E-state index >= 15 is 0 Å². The Kier molecular flexibility index (Phi) is 4.57. The van der Waals surface area contributed by atoms with Crippen LogP contribution < -0.4 is 5.32 Å². The molecule has 4 nitrogen and oxygen atoms in total. The largest absolute Gasteiger partial charge is 0.478 e. The summed E-state index contributed by atoms with van der Waals surface area (Å²) in [6.45, 7) is 1.48. The number of thiocarbonyl (C=S) groups is 1. The van der Waals surface area contributed by atoms with E-state index in [4.69, 9.17) is 28.9 Å². The van der Waals surface area contributed by atoms with Gasteiger partial charge in [-0.05, 0) is 53.7 Å². The summed E-state index contributed by atoms with van der Waals surface area (Å²) >= 11 is 14.9. The molecule has 0 fully saturated rings. The van der Waals surface area contributed by atoms with Crippen LogP contribution in [0.15, 0.2) is 40.9 Å². The molecule has 0 aromatic heterocycles. The predicted molar refractivity (Wildman–Crippen MR) is 98.0 cm³/mol. The maximum absolute atomic E-state index is 11.0. The maximum Gasteiger partial charge on any atom is 0.337 e. The van der Waals surface area contributed by atoms with E-state index < -0.39 is 5.97 Å². The molecule has 1 aliphatic rings. The zero-order valence-corrected chi connectivity index (χ0v) is 15.0. The first kappa shape index (κ1) is 16.2. The quantitative estimate of drug-likeness (QED) is 0.712. The summed E-state index contributed by atoms with van der Waals surface area (Å²) in [7, 11) is 0. The van der Waals surface area contributed by atoms with Crippen LogP contribution in [0.4, 0.5) is 5.69 Å². The fraction of sp³-hybridized carbons (Fsp3) is 0.125. The number of carbonyl (C=O) groups is 1. The van der Waals surface area contributed by atoms with Crippen molar-refractivity contribution < 1.29 is 9.90 Å². The second kappa shape index (κ2) is 6.47. The molecule has 0 aliphatic carbocycles. The maximum atomic E-state index is 11.0. The molecule has 0 saturated heterocycles. The van der Waals surface area contributed by atoms with Gasteiger partial charge >= 0.3 is 5.97 Å². The Morgan fingerprint density at radius 2 is 1.96 bits per heavy atom. The Hall–Kier alpha value is -1.63. The highest BCUT2D eigenvalue weighted by molar-refractivity contribution is 9.10. The zero-order chi connectivity index (χ0) is 16.6. The lowest BCUT2D eigenvalue weighted by molar-refractivity contribution is 0.0697. The summed E-state index contributed by atoms with van der Waals surface area (Å²) in [6.07, 6.45) is 0. The number of fused-ring (bicyclic) bond motifs is 1. The number of benzene rings is 2. The normalized spacial score (nSPS) is 12.9. The molecular weight excluding hydrogens is 400 g/mol. The number of hydrogen-bond acceptors (Lipinski definition) is 2. The summed E-state index contributed by atoms with van der Waals surface area (Å²) in [4.78, 5) is 13.0. The van der Waals surface area contributed by atoms with Gasteiger partial charge in [0.05, 0.1) is 10.6 Å². The molecule has 0 radical (unpaired) electrons. The Bertz CT molecular complexity index is 813. The third kappa shape index (κ3) is 3.49. The topological polar surface area (TPSA) is 52.6 Å². The Labute approximate surface area is 152 Å². The van der Waals surface area contributed by atoms with Crippen LogP contribution in [0.25, 0.3) is 0 Å². The molecule has 2 aromatic carbocycles. The molecular formula is C16H12BrClN2O2S. The van der Waals surface area contributed by atoms with E-state index in [1.165, 1.54) is 17.2 Å². The molecule has 0 unspecified atom stereocenters. The number of carboxylic acids is 1. The summed E-state index contributed by atoms with van der Waals surface area (Å²) in [5.41, 5.74) is 3.23. The van der Waals surface area contributed by atoms with Gasteiger partial charge in [0.1, 0.15) is 0 Å². The van der Waals surface area contributed by atoms with Crippen LogP contribution in [0.3, 0.4) is 0 Å². The molecule has 2 aromatic rings. The highest BCUT2D eigenvalue weighted by Crippen LogP contribution is 2.27. The number of hydrogen-bond donors (Lipinski definition) is 2. The summed E-state index contributed by atoms with van der Waals surface area (Å²) in [5.74, 6) is -1.05. The lowest BCUT2D eigenvalue weighted by atomic mass is 10.1. The van der Waals surface area contributed by atoms with Crippen molar-refractivity contribution in [3.05, 3.63) is 62.6 Å². The second-order valence-electron chi connectivity index (χ2n) is 5.20. The molecule has 3 rings (SSSR count). The van der Waals surface area contributed by atoms with Crippen molar-refractivity contribution in [3.8, 4) is 0 Å². The molecule has 1 heterocycles. The van der Waals surface area contributed by atoms with Crippen LogP contribution in [0.5, 0.6) is 0 Å². The monoisotopic (exact) mass is 410 g/mol. The van der Waals surface area contributed by atoms with Crippen LogP contribution in [-0.4, -0.2) is 21.1 Å². The number of rotatable bonds is 2. The van der Waals surface area contributed by atoms with Gasteiger partial charge in [0, 0.05) is 23.2 Å². The van der Waals surface area contributed by atoms with E-state index in [0.29, 0.717) is 10.8 Å². The number of nitrogens with one attached hydrogen (secondary N) is 1. The lowest BCUT2D eigenvalue weighted by Gasteiger charge is -2.20. The lowest BCUT2D eigenvalue weighted by Crippen LogP contribution is -2.29. The minimum atomic E-state index is -1.05. The average molecular weight is 412 g/mol. The standard InChI is InChI=1S/C16H12BrClN2O2S/c17-11-2-1-9-7-20(8-10(9)5-11)16(23)19-12-3-4-13(15(21)22)14(18)6-12/h1-6H,7-8H2,(H,19,23)(H,21,22). The minimum Gasteiger partial charge on any atom is -0.478 e. The molecule has 0 spiro atoms. The van der Waals surface area contributed by atoms with Crippen LogP contribution in [-0.2, 0) is 13.1 Å². The van der Waals surface area contributed by atoms with Crippen molar-refractivity contribution in [2.75, 3.05) is 5.32 Å². The SMILES string of the molecule is O=C(O)c1ccc(NC(=S)N2Cc3ccc(Br)cc3C2)cc1Cl. The van der Waals surface area contributed by atoms with E-state index in [2.05, 4.69) is 33.4 Å². The van der Waals surface area contributed by atoms with Crippen molar-refractivity contribution >= 4 is 56.5 Å². The molecule has 23 heavy (non-hydrogen) atoms. The number of aromatic carboxylic acids is 1. The second-order valence-corrected chi connectivity index (χ2v) is 6.91. The summed E-state index contributed by atoms with van der Waals surface area (Å²) < 4.78 is 1.05. The van der Waals surface area contributed by atoms with Crippen LogP contribution in [0.2, 0.25) is 5.02 Å². The van der Waals surface area contributed by atoms with E-state index in [1.807, 2.05) is 11.0 Å². The van der Waals surface area contributed by atoms with Gasteiger partial charge in [0.2, 0.25) is 0 Å². The summed E-state index contributed by atoms with van der Waals surface area (Å²) in [5, 5.41) is 12.9. The van der Waals surface area contributed by atoms with E-state index in [9.17, 15) is 4.79 Å². The smallest absolute Gasteiger partial charge is 0.337 e. The van der Waals surface area contributed by atoms with E-state index in [-0.39, 0.29) is 10.6 Å². The molecule has 0 atom stereocenters. The molecule has 0 bridgehead atoms. The molecule has 2 N–H and O–H groups in total. The van der Waals surface area contributed by atoms with Crippen LogP contribution in [0, 0.1) is 0 Å². The minimum absolute atomic E-state index is 0.0709. The predicted octanol–water partition coefficient (Wildman–Crippen LogP) is 4.51. The molecule has 1 aliphatic heterocycles. The fourth-order valence-electron chi connectivity index (χ4n) is 2.48. The van der Waals surface area contributed by atoms with Gasteiger partial charge in [-0.3, -0.25) is 0 Å². The number of anilines is 1. The molecule has 118 valence electrons. The highest BCUT2D eigenvalue weighted by Gasteiger charge is 2.21. The first-order chi connectivity index (χ1) is 10.9. The van der Waals surface area contributed by atoms with Gasteiger partial charge in [0.25, 0.3) is 0 Å². The van der Waals surface area contributed by atoms with Gasteiger partial charge in [-0.25, -0.2) is 4.79 Å². The third-order valence-corrected chi connectivity index (χ3v) is 4.79. The van der Waals surface area contributed by atoms with Gasteiger partial charge in [-0.1, -0.05) is 33.6 Å². The molecule has 7 heteroatoms. The first-order valence-electron chi connectivity index (χ1n) is 6.80. The van der Waals surface area contributed by atoms with Gasteiger partial charge in [-0.15, -0.1) is 0 Å². The first-order valence-corrected chi connectivity index (χ1v) is 8.38.